The number of nitrogens with one attached hydrogen (secondary N) is 1. The molecule has 0 saturated carbocycles. The van der Waals surface area contributed by atoms with Crippen molar-refractivity contribution in [3.63, 3.8) is 0 Å². The number of aromatic nitrogens is 2. The van der Waals surface area contributed by atoms with Crippen molar-refractivity contribution in [1.82, 2.24) is 9.55 Å². The number of hydrogen-bond donors (Lipinski definition) is 2. The van der Waals surface area contributed by atoms with E-state index in [9.17, 15) is 14.7 Å². The van der Waals surface area contributed by atoms with Crippen molar-refractivity contribution in [2.45, 2.75) is 39.3 Å². The van der Waals surface area contributed by atoms with Crippen LogP contribution in [-0.4, -0.2) is 33.6 Å². The summed E-state index contributed by atoms with van der Waals surface area (Å²) in [6, 6.07) is 7.43. The van der Waals surface area contributed by atoms with Crippen LogP contribution < -0.4 is 5.32 Å². The highest BCUT2D eigenvalue weighted by Crippen LogP contribution is 2.40. The van der Waals surface area contributed by atoms with Gasteiger partial charge in [-0.1, -0.05) is 19.1 Å². The highest BCUT2D eigenvalue weighted by molar-refractivity contribution is 7.17. The average Bonchev–Trinajstić information content (AvgIpc) is 3.24. The number of ether oxygens (including phenoxy) is 1. The van der Waals surface area contributed by atoms with E-state index in [1.54, 1.807) is 4.57 Å². The van der Waals surface area contributed by atoms with E-state index in [2.05, 4.69) is 17.2 Å². The Balaban J connectivity index is 1.63. The fourth-order valence-corrected chi connectivity index (χ4v) is 5.30. The van der Waals surface area contributed by atoms with Crippen LogP contribution in [0.1, 0.15) is 40.0 Å². The molecule has 152 valence electrons. The number of methoxy groups -OCH3 is 1. The molecule has 1 unspecified atom stereocenters. The van der Waals surface area contributed by atoms with Crippen molar-refractivity contribution >= 4 is 39.2 Å². The molecule has 0 bridgehead atoms. The van der Waals surface area contributed by atoms with Gasteiger partial charge in [-0.25, -0.2) is 9.78 Å². The molecule has 2 aromatic heterocycles. The van der Waals surface area contributed by atoms with Crippen LogP contribution in [0.15, 0.2) is 24.3 Å². The van der Waals surface area contributed by atoms with Gasteiger partial charge in [0.1, 0.15) is 24.0 Å². The van der Waals surface area contributed by atoms with Crippen LogP contribution >= 0.6 is 11.3 Å². The molecular formula is C21H23N3O4S. The minimum absolute atomic E-state index is 0.00398. The Morgan fingerprint density at radius 1 is 1.38 bits per heavy atom. The highest BCUT2D eigenvalue weighted by atomic mass is 32.1. The van der Waals surface area contributed by atoms with Crippen LogP contribution in [0.4, 0.5) is 5.00 Å². The van der Waals surface area contributed by atoms with Gasteiger partial charge in [0.15, 0.2) is 0 Å². The molecule has 0 aliphatic heterocycles. The molecule has 4 rings (SSSR count). The molecule has 8 heteroatoms. The lowest BCUT2D eigenvalue weighted by atomic mass is 9.88. The molecule has 1 atom stereocenters. The van der Waals surface area contributed by atoms with Crippen molar-refractivity contribution in [3.8, 4) is 0 Å². The van der Waals surface area contributed by atoms with Crippen LogP contribution in [0.25, 0.3) is 11.0 Å². The largest absolute Gasteiger partial charge is 0.465 e. The predicted molar refractivity (Wildman–Crippen MR) is 111 cm³/mol. The molecule has 2 N–H and O–H groups in total. The summed E-state index contributed by atoms with van der Waals surface area (Å²) in [5.74, 6) is 0.282. The molecule has 0 saturated heterocycles. The third kappa shape index (κ3) is 3.65. The normalized spacial score (nSPS) is 15.9. The number of thiophene rings is 1. The number of esters is 1. The first kappa shape index (κ1) is 19.6. The minimum atomic E-state index is -0.420. The maximum Gasteiger partial charge on any atom is 0.341 e. The third-order valence-corrected chi connectivity index (χ3v) is 6.50. The maximum atomic E-state index is 12.8. The predicted octanol–water partition coefficient (Wildman–Crippen LogP) is 3.14. The lowest BCUT2D eigenvalue weighted by Gasteiger charge is -2.18. The highest BCUT2D eigenvalue weighted by Gasteiger charge is 2.29. The maximum absolute atomic E-state index is 12.8. The van der Waals surface area contributed by atoms with E-state index >= 15 is 0 Å². The molecule has 2 heterocycles. The number of benzene rings is 1. The smallest absolute Gasteiger partial charge is 0.341 e. The Bertz CT molecular complexity index is 1090. The zero-order valence-electron chi connectivity index (χ0n) is 16.4. The van der Waals surface area contributed by atoms with Crippen LogP contribution in [0.3, 0.4) is 0 Å². The zero-order chi connectivity index (χ0) is 20.5. The molecule has 1 amide bonds. The molecule has 0 spiro atoms. The van der Waals surface area contributed by atoms with Crippen LogP contribution in [-0.2, 0) is 35.5 Å². The summed E-state index contributed by atoms with van der Waals surface area (Å²) in [5, 5.41) is 13.1. The molecular weight excluding hydrogens is 390 g/mol. The Hall–Kier alpha value is -2.71. The van der Waals surface area contributed by atoms with E-state index in [1.807, 2.05) is 24.3 Å². The van der Waals surface area contributed by atoms with E-state index < -0.39 is 5.97 Å². The first-order valence-electron chi connectivity index (χ1n) is 9.59. The van der Waals surface area contributed by atoms with Crippen molar-refractivity contribution in [1.29, 1.82) is 0 Å². The lowest BCUT2D eigenvalue weighted by Crippen LogP contribution is -2.21. The fourth-order valence-electron chi connectivity index (χ4n) is 3.89. The first-order chi connectivity index (χ1) is 14.0. The Morgan fingerprint density at radius 2 is 2.17 bits per heavy atom. The van der Waals surface area contributed by atoms with E-state index in [0.717, 1.165) is 40.7 Å². The Morgan fingerprint density at radius 3 is 2.93 bits per heavy atom. The number of carbonyl (C=O) groups excluding carboxylic acids is 2. The SMILES string of the molecule is COC(=O)c1c(NC(=O)Cn2c(CO)nc3ccccc32)sc2c1CCC(C)C2. The second-order valence-electron chi connectivity index (χ2n) is 7.36. The summed E-state index contributed by atoms with van der Waals surface area (Å²) < 4.78 is 6.67. The fraction of sp³-hybridized carbons (Fsp3) is 0.381. The summed E-state index contributed by atoms with van der Waals surface area (Å²) in [5.41, 5.74) is 2.98. The van der Waals surface area contributed by atoms with Crippen molar-refractivity contribution in [3.05, 3.63) is 46.1 Å². The summed E-state index contributed by atoms with van der Waals surface area (Å²) in [4.78, 5) is 30.8. The minimum Gasteiger partial charge on any atom is -0.465 e. The topological polar surface area (TPSA) is 93.5 Å². The number of nitrogens with zero attached hydrogens (tertiary/aromatic N) is 2. The molecule has 29 heavy (non-hydrogen) atoms. The number of hydrogen-bond acceptors (Lipinski definition) is 6. The quantitative estimate of drug-likeness (QED) is 0.627. The number of amides is 1. The standard InChI is InChI=1S/C21H23N3O4S/c1-12-7-8-13-16(9-12)29-20(19(13)21(27)28-2)23-18(26)10-24-15-6-4-3-5-14(15)22-17(24)11-25/h3-6,12,25H,7-11H2,1-2H3,(H,23,26). The van der Waals surface area contributed by atoms with E-state index in [4.69, 9.17) is 4.74 Å². The molecule has 3 aromatic rings. The average molecular weight is 413 g/mol. The van der Waals surface area contributed by atoms with Crippen molar-refractivity contribution in [2.75, 3.05) is 12.4 Å². The molecule has 0 fully saturated rings. The second kappa shape index (κ2) is 7.96. The van der Waals surface area contributed by atoms with E-state index in [0.29, 0.717) is 22.3 Å². The summed E-state index contributed by atoms with van der Waals surface area (Å²) in [6.07, 6.45) is 2.73. The van der Waals surface area contributed by atoms with Gasteiger partial charge in [0.05, 0.1) is 23.7 Å². The Kier molecular flexibility index (Phi) is 5.38. The summed E-state index contributed by atoms with van der Waals surface area (Å²) >= 11 is 1.46. The first-order valence-corrected chi connectivity index (χ1v) is 10.4. The zero-order valence-corrected chi connectivity index (χ0v) is 17.2. The van der Waals surface area contributed by atoms with Crippen LogP contribution in [0.2, 0.25) is 0 Å². The van der Waals surface area contributed by atoms with Gasteiger partial charge in [0.25, 0.3) is 0 Å². The van der Waals surface area contributed by atoms with Crippen molar-refractivity contribution in [2.24, 2.45) is 5.92 Å². The number of carbonyl (C=O) groups is 2. The number of aliphatic hydroxyl groups excluding tert-OH is 1. The molecule has 1 aliphatic carbocycles. The molecule has 1 aromatic carbocycles. The molecule has 7 nitrogen and oxygen atoms in total. The summed E-state index contributed by atoms with van der Waals surface area (Å²) in [7, 11) is 1.36. The van der Waals surface area contributed by atoms with Crippen LogP contribution in [0.5, 0.6) is 0 Å². The third-order valence-electron chi connectivity index (χ3n) is 5.33. The van der Waals surface area contributed by atoms with Gasteiger partial charge in [-0.3, -0.25) is 4.79 Å². The van der Waals surface area contributed by atoms with Gasteiger partial charge in [0, 0.05) is 4.88 Å². The van der Waals surface area contributed by atoms with E-state index in [1.165, 1.54) is 18.4 Å². The van der Waals surface area contributed by atoms with Gasteiger partial charge < -0.3 is 19.7 Å². The van der Waals surface area contributed by atoms with Crippen LogP contribution in [0, 0.1) is 5.92 Å². The van der Waals surface area contributed by atoms with Crippen molar-refractivity contribution < 1.29 is 19.4 Å². The van der Waals surface area contributed by atoms with Gasteiger partial charge in [-0.2, -0.15) is 0 Å². The number of fused-ring (bicyclic) bond motifs is 2. The number of rotatable bonds is 5. The van der Waals surface area contributed by atoms with Gasteiger partial charge in [-0.05, 0) is 42.9 Å². The number of para-hydroxylation sites is 2. The molecule has 1 aliphatic rings. The van der Waals surface area contributed by atoms with Gasteiger partial charge in [0.2, 0.25) is 5.91 Å². The second-order valence-corrected chi connectivity index (χ2v) is 8.46. The number of anilines is 1. The van der Waals surface area contributed by atoms with Gasteiger partial charge >= 0.3 is 5.97 Å². The van der Waals surface area contributed by atoms with E-state index in [-0.39, 0.29) is 19.1 Å². The number of imidazole rings is 1. The van der Waals surface area contributed by atoms with Gasteiger partial charge in [-0.15, -0.1) is 11.3 Å². The lowest BCUT2D eigenvalue weighted by molar-refractivity contribution is -0.116. The number of aliphatic hydroxyl groups is 1. The summed E-state index contributed by atoms with van der Waals surface area (Å²) in [6.45, 7) is 1.93. The monoisotopic (exact) mass is 413 g/mol. The Labute approximate surface area is 172 Å². The molecule has 0 radical (unpaired) electrons.